The molecule has 0 aliphatic heterocycles. The number of aromatic nitrogens is 2. The predicted molar refractivity (Wildman–Crippen MR) is 67.2 cm³/mol. The normalized spacial score (nSPS) is 10.0. The van der Waals surface area contributed by atoms with E-state index in [-0.39, 0.29) is 5.95 Å². The molecule has 0 atom stereocenters. The van der Waals surface area contributed by atoms with Gasteiger partial charge in [-0.15, -0.1) is 0 Å². The molecule has 0 radical (unpaired) electrons. The molecule has 0 unspecified atom stereocenters. The Kier molecular flexibility index (Phi) is 3.43. The summed E-state index contributed by atoms with van der Waals surface area (Å²) in [5, 5.41) is 0. The fourth-order valence-corrected chi connectivity index (χ4v) is 1.47. The van der Waals surface area contributed by atoms with Gasteiger partial charge in [-0.2, -0.15) is 9.97 Å². The molecule has 2 N–H and O–H groups in total. The molecule has 1 aromatic heterocycles. The summed E-state index contributed by atoms with van der Waals surface area (Å²) in [5.74, 6) is 1.48. The fourth-order valence-electron chi connectivity index (χ4n) is 1.20. The fraction of sp³-hybridized carbons (Fsp3) is 0.0909. The molecule has 5 nitrogen and oxygen atoms in total. The third-order valence-electron chi connectivity index (χ3n) is 1.94. The van der Waals surface area contributed by atoms with Crippen molar-refractivity contribution in [3.63, 3.8) is 0 Å². The van der Waals surface area contributed by atoms with Crippen LogP contribution in [0.2, 0.25) is 0 Å². The van der Waals surface area contributed by atoms with Crippen molar-refractivity contribution in [1.82, 2.24) is 9.97 Å². The molecule has 0 fully saturated rings. The zero-order valence-corrected chi connectivity index (χ0v) is 10.6. The average Bonchev–Trinajstić information content (AvgIpc) is 2.31. The maximum absolute atomic E-state index is 5.52. The summed E-state index contributed by atoms with van der Waals surface area (Å²) in [6.45, 7) is 0. The van der Waals surface area contributed by atoms with Gasteiger partial charge in [0.15, 0.2) is 0 Å². The second kappa shape index (κ2) is 5.01. The van der Waals surface area contributed by atoms with E-state index < -0.39 is 0 Å². The topological polar surface area (TPSA) is 70.3 Å². The summed E-state index contributed by atoms with van der Waals surface area (Å²) in [6, 6.07) is 8.94. The molecule has 0 aliphatic rings. The van der Waals surface area contributed by atoms with Crippen molar-refractivity contribution in [3.8, 4) is 17.5 Å². The van der Waals surface area contributed by atoms with Crippen LogP contribution in [0.5, 0.6) is 17.5 Å². The van der Waals surface area contributed by atoms with Gasteiger partial charge in [0.1, 0.15) is 5.75 Å². The second-order valence-electron chi connectivity index (χ2n) is 3.16. The summed E-state index contributed by atoms with van der Waals surface area (Å²) in [4.78, 5) is 7.82. The minimum atomic E-state index is 0.108. The summed E-state index contributed by atoms with van der Waals surface area (Å²) >= 11 is 3.34. The van der Waals surface area contributed by atoms with Crippen molar-refractivity contribution in [2.24, 2.45) is 0 Å². The summed E-state index contributed by atoms with van der Waals surface area (Å²) in [5.41, 5.74) is 5.52. The molecular weight excluding hydrogens is 286 g/mol. The largest absolute Gasteiger partial charge is 0.481 e. The Labute approximate surface area is 107 Å². The number of hydrogen-bond acceptors (Lipinski definition) is 5. The number of nitrogen functional groups attached to an aromatic ring is 1. The number of rotatable bonds is 3. The molecule has 0 saturated carbocycles. The summed E-state index contributed by atoms with van der Waals surface area (Å²) in [6.07, 6.45) is 0. The van der Waals surface area contributed by atoms with Crippen LogP contribution in [0.25, 0.3) is 0 Å². The van der Waals surface area contributed by atoms with Gasteiger partial charge in [0, 0.05) is 4.47 Å². The summed E-state index contributed by atoms with van der Waals surface area (Å²) < 4.78 is 11.5. The Hall–Kier alpha value is -1.82. The van der Waals surface area contributed by atoms with Crippen molar-refractivity contribution < 1.29 is 9.47 Å². The Morgan fingerprint density at radius 2 is 1.76 bits per heavy atom. The molecule has 17 heavy (non-hydrogen) atoms. The highest BCUT2D eigenvalue weighted by molar-refractivity contribution is 9.10. The minimum absolute atomic E-state index is 0.108. The van der Waals surface area contributed by atoms with E-state index in [1.807, 2.05) is 24.3 Å². The number of halogens is 1. The number of benzene rings is 1. The second-order valence-corrected chi connectivity index (χ2v) is 4.08. The van der Waals surface area contributed by atoms with Gasteiger partial charge in [-0.3, -0.25) is 0 Å². The van der Waals surface area contributed by atoms with E-state index in [9.17, 15) is 0 Å². The third kappa shape index (κ3) is 3.07. The van der Waals surface area contributed by atoms with Crippen LogP contribution in [0.15, 0.2) is 34.8 Å². The Morgan fingerprint density at radius 1 is 1.12 bits per heavy atom. The van der Waals surface area contributed by atoms with Gasteiger partial charge in [-0.25, -0.2) is 0 Å². The molecule has 0 amide bonds. The highest BCUT2D eigenvalue weighted by Gasteiger charge is 2.04. The Bertz CT molecular complexity index is 517. The Morgan fingerprint density at radius 3 is 2.41 bits per heavy atom. The van der Waals surface area contributed by atoms with Crippen LogP contribution in [-0.4, -0.2) is 17.1 Å². The third-order valence-corrected chi connectivity index (χ3v) is 2.47. The standard InChI is InChI=1S/C11H10BrN3O2/c1-16-9-6-10(15-11(13)14-9)17-8-4-2-7(12)3-5-8/h2-6H,1H3,(H2,13,14,15). The van der Waals surface area contributed by atoms with Crippen molar-refractivity contribution in [2.75, 3.05) is 12.8 Å². The molecule has 1 aromatic carbocycles. The van der Waals surface area contributed by atoms with Crippen LogP contribution in [0.3, 0.4) is 0 Å². The first kappa shape index (κ1) is 11.7. The number of anilines is 1. The van der Waals surface area contributed by atoms with Gasteiger partial charge in [0.05, 0.1) is 13.2 Å². The molecule has 0 aliphatic carbocycles. The van der Waals surface area contributed by atoms with E-state index in [1.165, 1.54) is 7.11 Å². The lowest BCUT2D eigenvalue weighted by atomic mass is 10.3. The zero-order chi connectivity index (χ0) is 12.3. The van der Waals surface area contributed by atoms with Gasteiger partial charge in [0.2, 0.25) is 17.7 Å². The van der Waals surface area contributed by atoms with Gasteiger partial charge in [-0.1, -0.05) is 15.9 Å². The SMILES string of the molecule is COc1cc(Oc2ccc(Br)cc2)nc(N)n1. The first-order chi connectivity index (χ1) is 8.17. The monoisotopic (exact) mass is 295 g/mol. The lowest BCUT2D eigenvalue weighted by Crippen LogP contribution is -1.99. The quantitative estimate of drug-likeness (QED) is 0.942. The molecule has 0 spiro atoms. The van der Waals surface area contributed by atoms with Crippen LogP contribution in [0.1, 0.15) is 0 Å². The molecule has 88 valence electrons. The van der Waals surface area contributed by atoms with Gasteiger partial charge in [0.25, 0.3) is 0 Å². The van der Waals surface area contributed by atoms with Crippen LogP contribution in [0, 0.1) is 0 Å². The highest BCUT2D eigenvalue weighted by atomic mass is 79.9. The van der Waals surface area contributed by atoms with Crippen molar-refractivity contribution in [3.05, 3.63) is 34.8 Å². The number of ether oxygens (including phenoxy) is 2. The van der Waals surface area contributed by atoms with E-state index in [0.717, 1.165) is 4.47 Å². The molecule has 0 saturated heterocycles. The zero-order valence-electron chi connectivity index (χ0n) is 9.05. The molecule has 2 aromatic rings. The molecule has 2 rings (SSSR count). The van der Waals surface area contributed by atoms with Crippen molar-refractivity contribution in [2.45, 2.75) is 0 Å². The van der Waals surface area contributed by atoms with Crippen LogP contribution in [0.4, 0.5) is 5.95 Å². The van der Waals surface area contributed by atoms with Gasteiger partial charge in [-0.05, 0) is 24.3 Å². The highest BCUT2D eigenvalue weighted by Crippen LogP contribution is 2.24. The van der Waals surface area contributed by atoms with Crippen molar-refractivity contribution in [1.29, 1.82) is 0 Å². The number of hydrogen-bond donors (Lipinski definition) is 1. The van der Waals surface area contributed by atoms with E-state index in [4.69, 9.17) is 15.2 Å². The summed E-state index contributed by atoms with van der Waals surface area (Å²) in [7, 11) is 1.51. The predicted octanol–water partition coefficient (Wildman–Crippen LogP) is 2.62. The first-order valence-corrected chi connectivity index (χ1v) is 5.58. The van der Waals surface area contributed by atoms with Gasteiger partial charge >= 0.3 is 0 Å². The maximum Gasteiger partial charge on any atom is 0.227 e. The Balaban J connectivity index is 2.23. The van der Waals surface area contributed by atoms with Crippen LogP contribution < -0.4 is 15.2 Å². The minimum Gasteiger partial charge on any atom is -0.481 e. The molecule has 0 bridgehead atoms. The lowest BCUT2D eigenvalue weighted by molar-refractivity contribution is 0.389. The lowest BCUT2D eigenvalue weighted by Gasteiger charge is -2.06. The van der Waals surface area contributed by atoms with E-state index in [1.54, 1.807) is 6.07 Å². The number of nitrogens with zero attached hydrogens (tertiary/aromatic N) is 2. The van der Waals surface area contributed by atoms with Crippen molar-refractivity contribution >= 4 is 21.9 Å². The van der Waals surface area contributed by atoms with Gasteiger partial charge < -0.3 is 15.2 Å². The smallest absolute Gasteiger partial charge is 0.227 e. The molecule has 6 heteroatoms. The van der Waals surface area contributed by atoms with Crippen LogP contribution in [-0.2, 0) is 0 Å². The number of nitrogens with two attached hydrogens (primary N) is 1. The van der Waals surface area contributed by atoms with Crippen LogP contribution >= 0.6 is 15.9 Å². The molecule has 1 heterocycles. The van der Waals surface area contributed by atoms with E-state index >= 15 is 0 Å². The first-order valence-electron chi connectivity index (χ1n) is 4.79. The maximum atomic E-state index is 5.52. The van der Waals surface area contributed by atoms with E-state index in [2.05, 4.69) is 25.9 Å². The van der Waals surface area contributed by atoms with E-state index in [0.29, 0.717) is 17.5 Å². The average molecular weight is 296 g/mol. The molecular formula is C11H10BrN3O2. The number of methoxy groups -OCH3 is 1.